The fourth-order valence-corrected chi connectivity index (χ4v) is 6.79. The van der Waals surface area contributed by atoms with Crippen molar-refractivity contribution in [3.63, 3.8) is 0 Å². The zero-order valence-corrected chi connectivity index (χ0v) is 26.5. The Kier molecular flexibility index (Phi) is 8.56. The van der Waals surface area contributed by atoms with Crippen LogP contribution in [0.5, 0.6) is 0 Å². The van der Waals surface area contributed by atoms with E-state index in [1.807, 2.05) is 31.2 Å². The smallest absolute Gasteiger partial charge is 0.239 e. The molecule has 0 fully saturated rings. The molecule has 0 bridgehead atoms. The van der Waals surface area contributed by atoms with Crippen LogP contribution in [0.15, 0.2) is 66.1 Å². The van der Waals surface area contributed by atoms with Crippen LogP contribution < -0.4 is 15.5 Å². The number of ketones is 1. The number of hydrogen-bond donors (Lipinski definition) is 3. The predicted octanol–water partition coefficient (Wildman–Crippen LogP) is 6.68. The minimum Gasteiger partial charge on any atom is -0.357 e. The van der Waals surface area contributed by atoms with Crippen LogP contribution in [0, 0.1) is 12.3 Å². The number of H-pyrrole nitrogens is 1. The number of allylic oxidation sites excluding steroid dienone is 1. The number of fused-ring (bicyclic) bond motifs is 1. The Morgan fingerprint density at radius 2 is 1.86 bits per heavy atom. The lowest BCUT2D eigenvalue weighted by molar-refractivity contribution is -0.120. The van der Waals surface area contributed by atoms with E-state index in [4.69, 9.17) is 0 Å². The molecular formula is C34H43N5O2S. The number of carbonyl (C=O) groups is 2. The van der Waals surface area contributed by atoms with Crippen LogP contribution in [-0.2, 0) is 20.8 Å². The molecular weight excluding hydrogens is 542 g/mol. The number of para-hydroxylation sites is 2. The highest BCUT2D eigenvalue weighted by Crippen LogP contribution is 2.48. The van der Waals surface area contributed by atoms with Gasteiger partial charge in [0.25, 0.3) is 0 Å². The second kappa shape index (κ2) is 12.0. The minimum absolute atomic E-state index is 0.0126. The number of nitrogens with zero attached hydrogens (tertiary/aromatic N) is 2. The van der Waals surface area contributed by atoms with Gasteiger partial charge in [0, 0.05) is 41.4 Å². The molecule has 7 nitrogen and oxygen atoms in total. The van der Waals surface area contributed by atoms with Crippen LogP contribution in [-0.4, -0.2) is 40.5 Å². The Hall–Kier alpha value is -3.52. The van der Waals surface area contributed by atoms with E-state index in [0.717, 1.165) is 57.5 Å². The summed E-state index contributed by atoms with van der Waals surface area (Å²) in [6.07, 6.45) is 2.96. The molecule has 0 radical (unpaired) electrons. The van der Waals surface area contributed by atoms with Gasteiger partial charge in [-0.25, -0.2) is 4.98 Å². The van der Waals surface area contributed by atoms with E-state index >= 15 is 0 Å². The first-order valence-electron chi connectivity index (χ1n) is 14.8. The second-order valence-electron chi connectivity index (χ2n) is 13.3. The number of hydrogen-bond acceptors (Lipinski definition) is 6. The van der Waals surface area contributed by atoms with Crippen molar-refractivity contribution in [3.05, 3.63) is 88.6 Å². The highest BCUT2D eigenvalue weighted by molar-refractivity contribution is 7.98. The molecule has 0 saturated heterocycles. The quantitative estimate of drug-likeness (QED) is 0.256. The third-order valence-electron chi connectivity index (χ3n) is 8.15. The number of amides is 1. The van der Waals surface area contributed by atoms with Gasteiger partial charge in [-0.2, -0.15) is 11.8 Å². The van der Waals surface area contributed by atoms with Gasteiger partial charge < -0.3 is 20.5 Å². The summed E-state index contributed by atoms with van der Waals surface area (Å²) >= 11 is 1.75. The Morgan fingerprint density at radius 3 is 2.55 bits per heavy atom. The fourth-order valence-electron chi connectivity index (χ4n) is 5.91. The van der Waals surface area contributed by atoms with Gasteiger partial charge in [-0.15, -0.1) is 0 Å². The standard InChI is InChI=1S/C34H43N5O2S/c1-22-27(37-21-36-22)20-42-16-15-35-30(41)19-39-28-10-8-7-9-25(28)38-26-17-34(5,6)18-29(40)31(26)32(39)23-11-13-24(14-12-23)33(2,3)4/h7-14,21,32,38H,15-20H2,1-6H3,(H,35,41)(H,36,37). The molecule has 1 aliphatic carbocycles. The van der Waals surface area contributed by atoms with Crippen molar-refractivity contribution in [2.24, 2.45) is 5.41 Å². The topological polar surface area (TPSA) is 90.1 Å². The molecule has 1 atom stereocenters. The number of aromatic nitrogens is 2. The summed E-state index contributed by atoms with van der Waals surface area (Å²) in [5.74, 6) is 1.67. The number of Topliss-reactive ketones (excluding diaryl/α,β-unsaturated/α-hetero) is 1. The van der Waals surface area contributed by atoms with E-state index < -0.39 is 0 Å². The zero-order valence-electron chi connectivity index (χ0n) is 25.6. The Morgan fingerprint density at radius 1 is 1.12 bits per heavy atom. The fraction of sp³-hybridized carbons (Fsp3) is 0.441. The van der Waals surface area contributed by atoms with Gasteiger partial charge in [0.1, 0.15) is 0 Å². The molecule has 0 saturated carbocycles. The molecule has 2 aliphatic rings. The second-order valence-corrected chi connectivity index (χ2v) is 14.4. The summed E-state index contributed by atoms with van der Waals surface area (Å²) in [5, 5.41) is 6.76. The maximum absolute atomic E-state index is 13.9. The van der Waals surface area contributed by atoms with Crippen LogP contribution in [0.2, 0.25) is 0 Å². The number of carbonyl (C=O) groups excluding carboxylic acids is 2. The normalized spacial score (nSPS) is 18.2. The third kappa shape index (κ3) is 6.59. The number of thioether (sulfide) groups is 1. The summed E-state index contributed by atoms with van der Waals surface area (Å²) in [6.45, 7) is 13.6. The lowest BCUT2D eigenvalue weighted by Gasteiger charge is -2.38. The van der Waals surface area contributed by atoms with E-state index in [9.17, 15) is 9.59 Å². The molecule has 1 aliphatic heterocycles. The number of rotatable bonds is 8. The van der Waals surface area contributed by atoms with E-state index in [1.54, 1.807) is 18.1 Å². The molecule has 0 spiro atoms. The monoisotopic (exact) mass is 585 g/mol. The van der Waals surface area contributed by atoms with Crippen LogP contribution in [0.4, 0.5) is 11.4 Å². The molecule has 222 valence electrons. The summed E-state index contributed by atoms with van der Waals surface area (Å²) in [4.78, 5) is 37.0. The number of benzene rings is 2. The van der Waals surface area contributed by atoms with Gasteiger partial charge in [-0.05, 0) is 47.4 Å². The maximum Gasteiger partial charge on any atom is 0.239 e. The number of anilines is 2. The maximum atomic E-state index is 13.9. The van der Waals surface area contributed by atoms with Crippen molar-refractivity contribution < 1.29 is 9.59 Å². The van der Waals surface area contributed by atoms with E-state index in [0.29, 0.717) is 13.0 Å². The van der Waals surface area contributed by atoms with Crippen molar-refractivity contribution in [1.29, 1.82) is 0 Å². The lowest BCUT2D eigenvalue weighted by Crippen LogP contribution is -2.42. The third-order valence-corrected chi connectivity index (χ3v) is 9.12. The average Bonchev–Trinajstić information content (AvgIpc) is 3.27. The predicted molar refractivity (Wildman–Crippen MR) is 173 cm³/mol. The molecule has 2 aromatic carbocycles. The zero-order chi connectivity index (χ0) is 30.1. The Bertz CT molecular complexity index is 1480. The highest BCUT2D eigenvalue weighted by Gasteiger charge is 2.42. The first-order valence-corrected chi connectivity index (χ1v) is 15.9. The largest absolute Gasteiger partial charge is 0.357 e. The number of imidazole rings is 1. The summed E-state index contributed by atoms with van der Waals surface area (Å²) in [7, 11) is 0. The minimum atomic E-state index is -0.378. The number of aromatic amines is 1. The molecule has 5 rings (SSSR count). The first-order chi connectivity index (χ1) is 19.9. The van der Waals surface area contributed by atoms with Crippen LogP contribution in [0.25, 0.3) is 0 Å². The average molecular weight is 586 g/mol. The van der Waals surface area contributed by atoms with Gasteiger partial charge in [0.15, 0.2) is 5.78 Å². The molecule has 42 heavy (non-hydrogen) atoms. The van der Waals surface area contributed by atoms with Crippen molar-refractivity contribution in [2.75, 3.05) is 29.1 Å². The molecule has 1 aromatic heterocycles. The van der Waals surface area contributed by atoms with Gasteiger partial charge in [-0.1, -0.05) is 71.0 Å². The lowest BCUT2D eigenvalue weighted by atomic mass is 9.73. The van der Waals surface area contributed by atoms with Gasteiger partial charge in [0.2, 0.25) is 5.91 Å². The molecule has 1 unspecified atom stereocenters. The van der Waals surface area contributed by atoms with Crippen LogP contribution in [0.1, 0.15) is 76.0 Å². The first kappa shape index (κ1) is 30.0. The molecule has 3 aromatic rings. The summed E-state index contributed by atoms with van der Waals surface area (Å²) < 4.78 is 0. The summed E-state index contributed by atoms with van der Waals surface area (Å²) in [5.41, 5.74) is 7.81. The molecule has 1 amide bonds. The van der Waals surface area contributed by atoms with Crippen LogP contribution in [0.3, 0.4) is 0 Å². The molecule has 3 N–H and O–H groups in total. The van der Waals surface area contributed by atoms with E-state index in [1.165, 1.54) is 5.56 Å². The van der Waals surface area contributed by atoms with E-state index in [2.05, 4.69) is 84.4 Å². The van der Waals surface area contributed by atoms with Crippen LogP contribution >= 0.6 is 11.8 Å². The van der Waals surface area contributed by atoms with Crippen molar-refractivity contribution in [1.82, 2.24) is 15.3 Å². The van der Waals surface area contributed by atoms with Gasteiger partial charge in [0.05, 0.1) is 36.0 Å². The SMILES string of the molecule is Cc1[nH]cnc1CSCCNC(=O)CN1c2ccccc2NC2=C(C(=O)CC(C)(C)C2)C1c1ccc(C(C)(C)C)cc1. The Balaban J connectivity index is 1.45. The molecule has 8 heteroatoms. The highest BCUT2D eigenvalue weighted by atomic mass is 32.2. The Labute approximate surface area is 254 Å². The number of aryl methyl sites for hydroxylation is 1. The molecule has 2 heterocycles. The van der Waals surface area contributed by atoms with Gasteiger partial charge >= 0.3 is 0 Å². The number of nitrogens with one attached hydrogen (secondary N) is 3. The summed E-state index contributed by atoms with van der Waals surface area (Å²) in [6, 6.07) is 16.3. The van der Waals surface area contributed by atoms with Crippen molar-refractivity contribution in [3.8, 4) is 0 Å². The van der Waals surface area contributed by atoms with Gasteiger partial charge in [-0.3, -0.25) is 9.59 Å². The van der Waals surface area contributed by atoms with E-state index in [-0.39, 0.29) is 35.1 Å². The van der Waals surface area contributed by atoms with Crippen molar-refractivity contribution in [2.45, 2.75) is 71.6 Å². The van der Waals surface area contributed by atoms with Crippen molar-refractivity contribution >= 4 is 34.8 Å².